The number of aryl methyl sites for hydroxylation is 1. The van der Waals surface area contributed by atoms with Gasteiger partial charge < -0.3 is 15.0 Å². The number of amides is 2. The molecule has 0 radical (unpaired) electrons. The molecule has 3 rings (SSSR count). The van der Waals surface area contributed by atoms with E-state index in [1.165, 1.54) is 5.56 Å². The van der Waals surface area contributed by atoms with Crippen molar-refractivity contribution in [3.05, 3.63) is 28.1 Å². The van der Waals surface area contributed by atoms with Crippen molar-refractivity contribution in [3.8, 4) is 0 Å². The number of ether oxygens (including phenoxy) is 1. The van der Waals surface area contributed by atoms with E-state index < -0.39 is 5.60 Å². The van der Waals surface area contributed by atoms with Gasteiger partial charge in [0.25, 0.3) is 5.91 Å². The molecule has 2 aliphatic rings. The van der Waals surface area contributed by atoms with Crippen LogP contribution in [-0.4, -0.2) is 34.0 Å². The molecule has 1 N–H and O–H groups in total. The van der Waals surface area contributed by atoms with Gasteiger partial charge in [0.05, 0.1) is 6.54 Å². The standard InChI is InChI=1S/C16H21N3O3/c1-9-12-8-19(15(21)22-16(2,3)4)6-5-10(12)11-7-17-14(20)13(11)18-9/h5-8H2,1-4H3,(H,17,20). The van der Waals surface area contributed by atoms with Crippen molar-refractivity contribution in [2.24, 2.45) is 0 Å². The fraction of sp³-hybridized carbons (Fsp3) is 0.562. The number of rotatable bonds is 0. The van der Waals surface area contributed by atoms with Crippen LogP contribution in [0.5, 0.6) is 0 Å². The minimum atomic E-state index is -0.501. The second-order valence-electron chi connectivity index (χ2n) is 6.82. The fourth-order valence-electron chi connectivity index (χ4n) is 2.99. The van der Waals surface area contributed by atoms with Crippen molar-refractivity contribution in [1.82, 2.24) is 15.2 Å². The summed E-state index contributed by atoms with van der Waals surface area (Å²) in [6.45, 7) is 9.11. The van der Waals surface area contributed by atoms with E-state index >= 15 is 0 Å². The highest BCUT2D eigenvalue weighted by Gasteiger charge is 2.32. The highest BCUT2D eigenvalue weighted by molar-refractivity contribution is 5.97. The number of aromatic nitrogens is 1. The predicted octanol–water partition coefficient (Wildman–Crippen LogP) is 1.93. The van der Waals surface area contributed by atoms with Crippen LogP contribution in [0.1, 0.15) is 53.6 Å². The van der Waals surface area contributed by atoms with Gasteiger partial charge in [-0.25, -0.2) is 9.78 Å². The number of carbonyl (C=O) groups is 2. The number of fused-ring (bicyclic) bond motifs is 3. The molecule has 2 aliphatic heterocycles. The van der Waals surface area contributed by atoms with Crippen LogP contribution in [0, 0.1) is 6.92 Å². The van der Waals surface area contributed by atoms with Gasteiger partial charge in [0.15, 0.2) is 0 Å². The first kappa shape index (κ1) is 14.8. The topological polar surface area (TPSA) is 71.5 Å². The molecule has 0 spiro atoms. The number of nitrogens with one attached hydrogen (secondary N) is 1. The molecule has 0 bridgehead atoms. The molecule has 0 unspecified atom stereocenters. The Bertz CT molecular complexity index is 662. The van der Waals surface area contributed by atoms with Crippen molar-refractivity contribution in [2.45, 2.75) is 52.8 Å². The van der Waals surface area contributed by atoms with Gasteiger partial charge >= 0.3 is 6.09 Å². The van der Waals surface area contributed by atoms with E-state index in [0.29, 0.717) is 25.3 Å². The first-order chi connectivity index (χ1) is 10.3. The van der Waals surface area contributed by atoms with Crippen LogP contribution in [0.2, 0.25) is 0 Å². The monoisotopic (exact) mass is 303 g/mol. The normalized spacial score (nSPS) is 16.9. The Labute approximate surface area is 129 Å². The van der Waals surface area contributed by atoms with Crippen LogP contribution in [0.25, 0.3) is 0 Å². The van der Waals surface area contributed by atoms with Gasteiger partial charge in [0.2, 0.25) is 0 Å². The van der Waals surface area contributed by atoms with Crippen molar-refractivity contribution < 1.29 is 14.3 Å². The molecule has 22 heavy (non-hydrogen) atoms. The molecule has 0 saturated heterocycles. The van der Waals surface area contributed by atoms with E-state index in [0.717, 1.165) is 23.2 Å². The Kier molecular flexibility index (Phi) is 3.34. The number of hydrogen-bond acceptors (Lipinski definition) is 4. The fourth-order valence-corrected chi connectivity index (χ4v) is 2.99. The highest BCUT2D eigenvalue weighted by atomic mass is 16.6. The zero-order valence-electron chi connectivity index (χ0n) is 13.4. The smallest absolute Gasteiger partial charge is 0.410 e. The SMILES string of the molecule is Cc1nc2c(c3c1CN(C(=O)OC(C)(C)C)CC3)CNC2=O. The van der Waals surface area contributed by atoms with Crippen LogP contribution < -0.4 is 5.32 Å². The summed E-state index contributed by atoms with van der Waals surface area (Å²) in [7, 11) is 0. The highest BCUT2D eigenvalue weighted by Crippen LogP contribution is 2.29. The Morgan fingerprint density at radius 3 is 2.68 bits per heavy atom. The van der Waals surface area contributed by atoms with E-state index in [9.17, 15) is 9.59 Å². The molecule has 1 aromatic rings. The van der Waals surface area contributed by atoms with Crippen molar-refractivity contribution >= 4 is 12.0 Å². The molecule has 6 nitrogen and oxygen atoms in total. The Morgan fingerprint density at radius 2 is 2.00 bits per heavy atom. The third-order valence-electron chi connectivity index (χ3n) is 4.00. The van der Waals surface area contributed by atoms with Gasteiger partial charge in [-0.2, -0.15) is 0 Å². The number of carbonyl (C=O) groups excluding carboxylic acids is 2. The molecular weight excluding hydrogens is 282 g/mol. The third kappa shape index (κ3) is 2.53. The van der Waals surface area contributed by atoms with Crippen molar-refractivity contribution in [2.75, 3.05) is 6.54 Å². The van der Waals surface area contributed by atoms with Crippen LogP contribution in [0.3, 0.4) is 0 Å². The molecule has 118 valence electrons. The van der Waals surface area contributed by atoms with E-state index in [1.807, 2.05) is 27.7 Å². The van der Waals surface area contributed by atoms with Crippen molar-refractivity contribution in [1.29, 1.82) is 0 Å². The Balaban J connectivity index is 1.88. The maximum absolute atomic E-state index is 12.2. The summed E-state index contributed by atoms with van der Waals surface area (Å²) in [5.74, 6) is -0.101. The van der Waals surface area contributed by atoms with Crippen LogP contribution in [0.15, 0.2) is 0 Å². The summed E-state index contributed by atoms with van der Waals surface area (Å²) in [6, 6.07) is 0. The first-order valence-corrected chi connectivity index (χ1v) is 7.53. The van der Waals surface area contributed by atoms with Gasteiger partial charge in [-0.3, -0.25) is 4.79 Å². The molecule has 2 amide bonds. The summed E-state index contributed by atoms with van der Waals surface area (Å²) in [6.07, 6.45) is 0.433. The lowest BCUT2D eigenvalue weighted by Crippen LogP contribution is -2.40. The lowest BCUT2D eigenvalue weighted by molar-refractivity contribution is 0.0223. The molecule has 0 atom stereocenters. The number of pyridine rings is 1. The maximum Gasteiger partial charge on any atom is 0.410 e. The second-order valence-corrected chi connectivity index (χ2v) is 6.82. The quantitative estimate of drug-likeness (QED) is 0.795. The average Bonchev–Trinajstić information content (AvgIpc) is 2.78. The van der Waals surface area contributed by atoms with Crippen LogP contribution in [0.4, 0.5) is 4.79 Å². The van der Waals surface area contributed by atoms with E-state index in [1.54, 1.807) is 4.90 Å². The summed E-state index contributed by atoms with van der Waals surface area (Å²) >= 11 is 0. The molecule has 6 heteroatoms. The van der Waals surface area contributed by atoms with Gasteiger partial charge in [0.1, 0.15) is 11.3 Å². The van der Waals surface area contributed by atoms with Gasteiger partial charge in [-0.1, -0.05) is 0 Å². The molecule has 0 saturated carbocycles. The Hall–Kier alpha value is -2.11. The molecule has 0 fully saturated rings. The lowest BCUT2D eigenvalue weighted by Gasteiger charge is -2.32. The maximum atomic E-state index is 12.2. The zero-order valence-corrected chi connectivity index (χ0v) is 13.4. The molecule has 1 aromatic heterocycles. The van der Waals surface area contributed by atoms with Crippen LogP contribution >= 0.6 is 0 Å². The van der Waals surface area contributed by atoms with Gasteiger partial charge in [0, 0.05) is 24.3 Å². The minimum Gasteiger partial charge on any atom is -0.444 e. The molecule has 0 aliphatic carbocycles. The van der Waals surface area contributed by atoms with E-state index in [4.69, 9.17) is 4.74 Å². The summed E-state index contributed by atoms with van der Waals surface area (Å²) in [5.41, 5.74) is 4.07. The zero-order chi connectivity index (χ0) is 16.1. The molecular formula is C16H21N3O3. The average molecular weight is 303 g/mol. The van der Waals surface area contributed by atoms with E-state index in [2.05, 4.69) is 10.3 Å². The largest absolute Gasteiger partial charge is 0.444 e. The lowest BCUT2D eigenvalue weighted by atomic mass is 9.93. The van der Waals surface area contributed by atoms with E-state index in [-0.39, 0.29) is 12.0 Å². The van der Waals surface area contributed by atoms with Gasteiger partial charge in [-0.15, -0.1) is 0 Å². The third-order valence-corrected chi connectivity index (χ3v) is 4.00. The summed E-state index contributed by atoms with van der Waals surface area (Å²) in [5, 5.41) is 2.82. The van der Waals surface area contributed by atoms with Crippen LogP contribution in [-0.2, 0) is 24.2 Å². The minimum absolute atomic E-state index is 0.101. The number of nitrogens with zero attached hydrogens (tertiary/aromatic N) is 2. The first-order valence-electron chi connectivity index (χ1n) is 7.53. The Morgan fingerprint density at radius 1 is 1.27 bits per heavy atom. The number of hydrogen-bond donors (Lipinski definition) is 1. The van der Waals surface area contributed by atoms with Gasteiger partial charge in [-0.05, 0) is 45.2 Å². The molecule has 3 heterocycles. The second kappa shape index (κ2) is 4.97. The predicted molar refractivity (Wildman–Crippen MR) is 80.5 cm³/mol. The molecule has 0 aromatic carbocycles. The van der Waals surface area contributed by atoms with Crippen molar-refractivity contribution in [3.63, 3.8) is 0 Å². The summed E-state index contributed by atoms with van der Waals surface area (Å²) in [4.78, 5) is 30.1. The summed E-state index contributed by atoms with van der Waals surface area (Å²) < 4.78 is 5.44.